The summed E-state index contributed by atoms with van der Waals surface area (Å²) in [5.41, 5.74) is 2.24. The van der Waals surface area contributed by atoms with Gasteiger partial charge in [-0.15, -0.1) is 12.4 Å². The summed E-state index contributed by atoms with van der Waals surface area (Å²) in [7, 11) is 0. The molecule has 2 aromatic rings. The first kappa shape index (κ1) is 30.0. The molecule has 1 aliphatic carbocycles. The van der Waals surface area contributed by atoms with Gasteiger partial charge in [-0.2, -0.15) is 0 Å². The molecule has 2 aromatic carbocycles. The molecule has 3 unspecified atom stereocenters. The van der Waals surface area contributed by atoms with Crippen LogP contribution < -0.4 is 5.32 Å². The van der Waals surface area contributed by atoms with Crippen LogP contribution >= 0.6 is 12.4 Å². The summed E-state index contributed by atoms with van der Waals surface area (Å²) in [4.78, 5) is 28.1. The van der Waals surface area contributed by atoms with Gasteiger partial charge in [-0.3, -0.25) is 9.59 Å². The van der Waals surface area contributed by atoms with E-state index in [9.17, 15) is 14.7 Å². The molecule has 1 heterocycles. The fourth-order valence-electron chi connectivity index (χ4n) is 5.94. The van der Waals surface area contributed by atoms with Crippen LogP contribution in [0.25, 0.3) is 0 Å². The summed E-state index contributed by atoms with van der Waals surface area (Å²) in [6.07, 6.45) is 6.81. The number of hydrogen-bond acceptors (Lipinski definition) is 5. The highest BCUT2D eigenvalue weighted by molar-refractivity contribution is 5.85. The zero-order valence-electron chi connectivity index (χ0n) is 22.7. The number of nitrogens with zero attached hydrogens (tertiary/aromatic N) is 1. The number of aromatic hydroxyl groups is 1. The summed E-state index contributed by atoms with van der Waals surface area (Å²) in [6.45, 7) is 6.83. The summed E-state index contributed by atoms with van der Waals surface area (Å²) < 4.78 is 5.60. The average molecular weight is 543 g/mol. The fraction of sp³-hybridized carbons (Fsp3) is 0.548. The molecule has 0 bridgehead atoms. The molecule has 1 saturated carbocycles. The van der Waals surface area contributed by atoms with Crippen molar-refractivity contribution in [2.24, 2.45) is 11.8 Å². The number of hydrogen-bond donors (Lipinski definition) is 2. The van der Waals surface area contributed by atoms with E-state index in [2.05, 4.69) is 42.3 Å². The lowest BCUT2D eigenvalue weighted by Crippen LogP contribution is -2.50. The number of esters is 1. The number of amides is 1. The number of rotatable bonds is 9. The topological polar surface area (TPSA) is 78.9 Å². The molecule has 6 nitrogen and oxygen atoms in total. The van der Waals surface area contributed by atoms with Crippen LogP contribution in [0.5, 0.6) is 5.75 Å². The minimum absolute atomic E-state index is 0. The lowest BCUT2D eigenvalue weighted by Gasteiger charge is -2.45. The number of likely N-dealkylation sites (tertiary alicyclic amines) is 1. The van der Waals surface area contributed by atoms with Gasteiger partial charge in [0.05, 0.1) is 5.92 Å². The Balaban J connectivity index is 0.00000400. The molecule has 3 atom stereocenters. The maximum absolute atomic E-state index is 13.3. The van der Waals surface area contributed by atoms with Crippen molar-refractivity contribution in [3.8, 4) is 5.75 Å². The smallest absolute Gasteiger partial charge is 0.325 e. The molecule has 0 spiro atoms. The molecule has 2 N–H and O–H groups in total. The van der Waals surface area contributed by atoms with Crippen LogP contribution in [-0.2, 0) is 26.2 Å². The SMILES string of the molecule is CC1CN(CC(Cc2ccccc2)C(=O)NCC(=O)OC2CCCCC2)CCC1(C)c1cccc(O)c1.Cl. The molecule has 7 heteroatoms. The van der Waals surface area contributed by atoms with E-state index < -0.39 is 0 Å². The third-order valence-corrected chi connectivity index (χ3v) is 8.50. The highest BCUT2D eigenvalue weighted by atomic mass is 35.5. The number of phenols is 1. The van der Waals surface area contributed by atoms with Crippen molar-refractivity contribution in [2.45, 2.75) is 70.3 Å². The van der Waals surface area contributed by atoms with Crippen molar-refractivity contribution < 1.29 is 19.4 Å². The molecule has 2 aliphatic rings. The van der Waals surface area contributed by atoms with Crippen LogP contribution in [0.15, 0.2) is 54.6 Å². The Labute approximate surface area is 233 Å². The lowest BCUT2D eigenvalue weighted by molar-refractivity contribution is -0.150. The average Bonchev–Trinajstić information content (AvgIpc) is 2.90. The number of halogens is 1. The van der Waals surface area contributed by atoms with Crippen molar-refractivity contribution in [3.63, 3.8) is 0 Å². The Morgan fingerprint density at radius 2 is 1.84 bits per heavy atom. The van der Waals surface area contributed by atoms with Crippen LogP contribution in [0, 0.1) is 11.8 Å². The van der Waals surface area contributed by atoms with Crippen LogP contribution in [0.2, 0.25) is 0 Å². The Hall–Kier alpha value is -2.57. The molecular formula is C31H43ClN2O4. The van der Waals surface area contributed by atoms with Gasteiger partial charge in [0.2, 0.25) is 5.91 Å². The van der Waals surface area contributed by atoms with E-state index in [-0.39, 0.29) is 48.3 Å². The molecule has 0 aromatic heterocycles. The van der Waals surface area contributed by atoms with Crippen molar-refractivity contribution in [1.82, 2.24) is 10.2 Å². The molecule has 38 heavy (non-hydrogen) atoms. The predicted molar refractivity (Wildman–Crippen MR) is 153 cm³/mol. The van der Waals surface area contributed by atoms with E-state index in [1.807, 2.05) is 30.3 Å². The maximum atomic E-state index is 13.3. The van der Waals surface area contributed by atoms with E-state index in [1.54, 1.807) is 6.07 Å². The Bertz CT molecular complexity index is 1040. The van der Waals surface area contributed by atoms with Crippen molar-refractivity contribution in [1.29, 1.82) is 0 Å². The number of nitrogens with one attached hydrogen (secondary N) is 1. The summed E-state index contributed by atoms with van der Waals surface area (Å²) in [6, 6.07) is 17.7. The minimum atomic E-state index is -0.341. The number of piperidine rings is 1. The summed E-state index contributed by atoms with van der Waals surface area (Å²) >= 11 is 0. The highest BCUT2D eigenvalue weighted by Gasteiger charge is 2.39. The normalized spacial score (nSPS) is 23.2. The molecule has 4 rings (SSSR count). The van der Waals surface area contributed by atoms with Crippen LogP contribution in [0.3, 0.4) is 0 Å². The van der Waals surface area contributed by atoms with Gasteiger partial charge in [0.25, 0.3) is 0 Å². The number of benzene rings is 2. The standard InChI is InChI=1S/C31H42N2O4.ClH/c1-23-21-33(17-16-31(23,2)26-12-9-13-27(34)19-26)22-25(18-24-10-5-3-6-11-24)30(36)32-20-29(35)37-28-14-7-4-8-15-28;/h3,5-6,9-13,19,23,25,28,34H,4,7-8,14-18,20-22H2,1-2H3,(H,32,36);1H. The van der Waals surface area contributed by atoms with Crippen LogP contribution in [0.1, 0.15) is 63.5 Å². The molecule has 1 amide bonds. The first-order valence-corrected chi connectivity index (χ1v) is 13.9. The minimum Gasteiger partial charge on any atom is -0.508 e. The summed E-state index contributed by atoms with van der Waals surface area (Å²) in [5.74, 6) is -0.0447. The molecule has 1 saturated heterocycles. The fourth-order valence-corrected chi connectivity index (χ4v) is 5.94. The first-order chi connectivity index (χ1) is 17.8. The largest absolute Gasteiger partial charge is 0.508 e. The highest BCUT2D eigenvalue weighted by Crippen LogP contribution is 2.40. The van der Waals surface area contributed by atoms with E-state index in [0.29, 0.717) is 24.6 Å². The maximum Gasteiger partial charge on any atom is 0.325 e. The Morgan fingerprint density at radius 1 is 1.11 bits per heavy atom. The van der Waals surface area contributed by atoms with Gasteiger partial charge in [-0.05, 0) is 79.7 Å². The quantitative estimate of drug-likeness (QED) is 0.422. The van der Waals surface area contributed by atoms with Crippen LogP contribution in [-0.4, -0.2) is 54.2 Å². The second kappa shape index (κ2) is 14.0. The van der Waals surface area contributed by atoms with Gasteiger partial charge in [-0.1, -0.05) is 62.7 Å². The zero-order chi connectivity index (χ0) is 26.3. The number of phenolic OH excluding ortho intramolecular Hbond substituents is 1. The van der Waals surface area contributed by atoms with Crippen LogP contribution in [0.4, 0.5) is 0 Å². The molecule has 1 aliphatic heterocycles. The first-order valence-electron chi connectivity index (χ1n) is 13.9. The summed E-state index contributed by atoms with van der Waals surface area (Å²) in [5, 5.41) is 12.9. The van der Waals surface area contributed by atoms with Gasteiger partial charge in [0.15, 0.2) is 0 Å². The van der Waals surface area contributed by atoms with E-state index in [4.69, 9.17) is 4.74 Å². The predicted octanol–water partition coefficient (Wildman–Crippen LogP) is 5.26. The van der Waals surface area contributed by atoms with E-state index in [1.165, 1.54) is 6.42 Å². The second-order valence-corrected chi connectivity index (χ2v) is 11.2. The molecule has 0 radical (unpaired) electrons. The molecule has 208 valence electrons. The van der Waals surface area contributed by atoms with Gasteiger partial charge >= 0.3 is 5.97 Å². The van der Waals surface area contributed by atoms with Gasteiger partial charge < -0.3 is 20.1 Å². The van der Waals surface area contributed by atoms with Gasteiger partial charge in [0.1, 0.15) is 18.4 Å². The molecular weight excluding hydrogens is 500 g/mol. The lowest BCUT2D eigenvalue weighted by atomic mass is 9.68. The third-order valence-electron chi connectivity index (χ3n) is 8.50. The van der Waals surface area contributed by atoms with E-state index >= 15 is 0 Å². The Morgan fingerprint density at radius 3 is 2.53 bits per heavy atom. The Kier molecular flexibility index (Phi) is 11.0. The van der Waals surface area contributed by atoms with Crippen molar-refractivity contribution in [3.05, 3.63) is 65.7 Å². The van der Waals surface area contributed by atoms with E-state index in [0.717, 1.165) is 56.3 Å². The number of carbonyl (C=O) groups excluding carboxylic acids is 2. The number of carbonyl (C=O) groups is 2. The molecule has 2 fully saturated rings. The zero-order valence-corrected chi connectivity index (χ0v) is 23.6. The monoisotopic (exact) mass is 542 g/mol. The van der Waals surface area contributed by atoms with Gasteiger partial charge in [0, 0.05) is 13.1 Å². The second-order valence-electron chi connectivity index (χ2n) is 11.2. The van der Waals surface area contributed by atoms with Crippen molar-refractivity contribution in [2.75, 3.05) is 26.2 Å². The van der Waals surface area contributed by atoms with Gasteiger partial charge in [-0.25, -0.2) is 0 Å². The third kappa shape index (κ3) is 7.97. The van der Waals surface area contributed by atoms with Crippen molar-refractivity contribution >= 4 is 24.3 Å². The number of ether oxygens (including phenoxy) is 1.